The van der Waals surface area contributed by atoms with Crippen LogP contribution in [0.4, 0.5) is 20.6 Å². The van der Waals surface area contributed by atoms with Gasteiger partial charge >= 0.3 is 6.09 Å². The van der Waals surface area contributed by atoms with Crippen molar-refractivity contribution in [3.8, 4) is 0 Å². The van der Waals surface area contributed by atoms with Crippen molar-refractivity contribution in [3.05, 3.63) is 65.0 Å². The third-order valence-electron chi connectivity index (χ3n) is 7.82. The van der Waals surface area contributed by atoms with Crippen LogP contribution in [0.2, 0.25) is 0 Å². The molecule has 206 valence electrons. The zero-order valence-electron chi connectivity index (χ0n) is 22.9. The lowest BCUT2D eigenvalue weighted by Gasteiger charge is -2.46. The summed E-state index contributed by atoms with van der Waals surface area (Å²) in [5.41, 5.74) is 14.1. The fourth-order valence-electron chi connectivity index (χ4n) is 5.99. The number of anilines is 2. The highest BCUT2D eigenvalue weighted by molar-refractivity contribution is 6.03. The molecular weight excluding hydrogens is 481 g/mol. The number of amides is 2. The van der Waals surface area contributed by atoms with Gasteiger partial charge in [-0.3, -0.25) is 4.79 Å². The molecule has 6 nitrogen and oxygen atoms in total. The number of hydrogen-bond donors (Lipinski definition) is 3. The number of nitrogens with two attached hydrogens (primary N) is 2. The summed E-state index contributed by atoms with van der Waals surface area (Å²) >= 11 is 0. The van der Waals surface area contributed by atoms with Crippen molar-refractivity contribution >= 4 is 29.5 Å². The van der Waals surface area contributed by atoms with Crippen LogP contribution in [-0.4, -0.2) is 12.0 Å². The molecule has 1 aliphatic rings. The number of fused-ring (bicyclic) bond motifs is 1. The Bertz CT molecular complexity index is 1160. The van der Waals surface area contributed by atoms with Gasteiger partial charge in [-0.1, -0.05) is 71.1 Å². The summed E-state index contributed by atoms with van der Waals surface area (Å²) in [4.78, 5) is 24.8. The Morgan fingerprint density at radius 3 is 2.26 bits per heavy atom. The average Bonchev–Trinajstić information content (AvgIpc) is 3.13. The van der Waals surface area contributed by atoms with Gasteiger partial charge in [0, 0.05) is 11.5 Å². The predicted molar refractivity (Wildman–Crippen MR) is 152 cm³/mol. The summed E-state index contributed by atoms with van der Waals surface area (Å²) in [7, 11) is 0. The monoisotopic (exact) mass is 523 g/mol. The first-order valence-electron chi connectivity index (χ1n) is 13.9. The Hall–Kier alpha value is -3.35. The van der Waals surface area contributed by atoms with Crippen LogP contribution in [0.1, 0.15) is 95.2 Å². The first kappa shape index (κ1) is 29.2. The highest BCUT2D eigenvalue weighted by Crippen LogP contribution is 2.60. The Morgan fingerprint density at radius 1 is 1.00 bits per heavy atom. The van der Waals surface area contributed by atoms with Crippen molar-refractivity contribution in [1.29, 1.82) is 0 Å². The van der Waals surface area contributed by atoms with Crippen LogP contribution in [0.5, 0.6) is 0 Å². The molecule has 5 N–H and O–H groups in total. The summed E-state index contributed by atoms with van der Waals surface area (Å²) in [5.74, 6) is -0.822. The number of hydrogen-bond acceptors (Lipinski definition) is 4. The molecule has 1 atom stereocenters. The number of primary amides is 1. The maximum atomic E-state index is 13.3. The van der Waals surface area contributed by atoms with Gasteiger partial charge in [-0.2, -0.15) is 0 Å². The number of benzene rings is 2. The van der Waals surface area contributed by atoms with E-state index in [9.17, 15) is 14.0 Å². The van der Waals surface area contributed by atoms with Crippen LogP contribution >= 0.6 is 0 Å². The number of carbonyl (C=O) groups excluding carboxylic acids is 2. The van der Waals surface area contributed by atoms with E-state index in [1.54, 1.807) is 6.08 Å². The van der Waals surface area contributed by atoms with Crippen molar-refractivity contribution in [3.63, 3.8) is 0 Å². The molecule has 0 spiro atoms. The van der Waals surface area contributed by atoms with E-state index in [2.05, 4.69) is 32.2 Å². The summed E-state index contributed by atoms with van der Waals surface area (Å²) in [6.45, 7) is 6.52. The second-order valence-corrected chi connectivity index (χ2v) is 10.5. The van der Waals surface area contributed by atoms with Crippen molar-refractivity contribution in [2.24, 2.45) is 11.1 Å². The molecule has 0 saturated heterocycles. The molecule has 0 radical (unpaired) electrons. The maximum absolute atomic E-state index is 13.3. The number of rotatable bonds is 13. The zero-order chi connectivity index (χ0) is 27.8. The predicted octanol–water partition coefficient (Wildman–Crippen LogP) is 7.46. The third kappa shape index (κ3) is 6.37. The van der Waals surface area contributed by atoms with E-state index < -0.39 is 17.5 Å². The van der Waals surface area contributed by atoms with Crippen molar-refractivity contribution in [1.82, 2.24) is 0 Å². The number of halogens is 1. The smallest absolute Gasteiger partial charge is 0.405 e. The molecule has 0 bridgehead atoms. The molecule has 0 saturated carbocycles. The largest absolute Gasteiger partial charge is 0.438 e. The van der Waals surface area contributed by atoms with Crippen molar-refractivity contribution in [2.75, 3.05) is 11.1 Å². The Morgan fingerprint density at radius 2 is 1.66 bits per heavy atom. The van der Waals surface area contributed by atoms with Gasteiger partial charge < -0.3 is 21.5 Å². The second-order valence-electron chi connectivity index (χ2n) is 10.5. The number of carbonyl (C=O) groups is 2. The Labute approximate surface area is 226 Å². The summed E-state index contributed by atoms with van der Waals surface area (Å²) in [6, 6.07) is 9.95. The van der Waals surface area contributed by atoms with Crippen LogP contribution in [-0.2, 0) is 21.6 Å². The summed E-state index contributed by atoms with van der Waals surface area (Å²) < 4.78 is 19.5. The molecule has 38 heavy (non-hydrogen) atoms. The van der Waals surface area contributed by atoms with Crippen molar-refractivity contribution in [2.45, 2.75) is 90.6 Å². The molecule has 0 aromatic heterocycles. The summed E-state index contributed by atoms with van der Waals surface area (Å²) in [5, 5.41) is 2.69. The molecule has 3 rings (SSSR count). The SMILES string of the molecule is CCCCC1(CCCC)Cc2cc(C=CC(=O)Nc3ccc(F)cc3N)ccc2C1(CCCC)OC(N)=O. The lowest BCUT2D eigenvalue weighted by Crippen LogP contribution is -2.47. The van der Waals surface area contributed by atoms with Gasteiger partial charge in [-0.25, -0.2) is 9.18 Å². The molecule has 2 aromatic rings. The van der Waals surface area contributed by atoms with Gasteiger partial charge in [0.05, 0.1) is 11.4 Å². The highest BCUT2D eigenvalue weighted by atomic mass is 19.1. The fraction of sp³-hybridized carbons (Fsp3) is 0.484. The molecule has 0 heterocycles. The molecular formula is C31H42FN3O3. The van der Waals surface area contributed by atoms with E-state index in [0.717, 1.165) is 80.9 Å². The number of nitrogen functional groups attached to an aromatic ring is 1. The minimum atomic E-state index is -0.756. The number of unbranched alkanes of at least 4 members (excludes halogenated alkanes) is 3. The van der Waals surface area contributed by atoms with Gasteiger partial charge in [-0.15, -0.1) is 0 Å². The first-order valence-corrected chi connectivity index (χ1v) is 13.9. The number of nitrogens with one attached hydrogen (secondary N) is 1. The Balaban J connectivity index is 1.96. The molecule has 1 aliphatic carbocycles. The second kappa shape index (κ2) is 12.9. The van der Waals surface area contributed by atoms with E-state index in [-0.39, 0.29) is 17.0 Å². The van der Waals surface area contributed by atoms with Crippen LogP contribution in [0.15, 0.2) is 42.5 Å². The van der Waals surface area contributed by atoms with Crippen LogP contribution in [0.3, 0.4) is 0 Å². The number of ether oxygens (including phenoxy) is 1. The molecule has 7 heteroatoms. The average molecular weight is 524 g/mol. The van der Waals surface area contributed by atoms with E-state index in [4.69, 9.17) is 16.2 Å². The lowest BCUT2D eigenvalue weighted by atomic mass is 9.64. The topological polar surface area (TPSA) is 107 Å². The molecule has 2 aromatic carbocycles. The molecule has 1 unspecified atom stereocenters. The van der Waals surface area contributed by atoms with Crippen LogP contribution in [0.25, 0.3) is 6.08 Å². The van der Waals surface area contributed by atoms with E-state index >= 15 is 0 Å². The van der Waals surface area contributed by atoms with E-state index in [0.29, 0.717) is 5.69 Å². The Kier molecular flexibility index (Phi) is 9.95. The fourth-order valence-corrected chi connectivity index (χ4v) is 5.99. The lowest BCUT2D eigenvalue weighted by molar-refractivity contribution is -0.111. The van der Waals surface area contributed by atoms with Gasteiger partial charge in [0.15, 0.2) is 0 Å². The van der Waals surface area contributed by atoms with Crippen LogP contribution < -0.4 is 16.8 Å². The van der Waals surface area contributed by atoms with Gasteiger partial charge in [0.25, 0.3) is 0 Å². The van der Waals surface area contributed by atoms with Gasteiger partial charge in [0.2, 0.25) is 5.91 Å². The molecule has 2 amide bonds. The highest BCUT2D eigenvalue weighted by Gasteiger charge is 2.58. The van der Waals surface area contributed by atoms with Crippen LogP contribution in [0, 0.1) is 11.2 Å². The third-order valence-corrected chi connectivity index (χ3v) is 7.82. The first-order chi connectivity index (χ1) is 18.2. The normalized spacial score (nSPS) is 17.9. The quantitative estimate of drug-likeness (QED) is 0.187. The minimum absolute atomic E-state index is 0.164. The van der Waals surface area contributed by atoms with E-state index in [1.807, 2.05) is 12.1 Å². The minimum Gasteiger partial charge on any atom is -0.438 e. The maximum Gasteiger partial charge on any atom is 0.405 e. The molecule has 0 fully saturated rings. The molecule has 0 aliphatic heterocycles. The van der Waals surface area contributed by atoms with Gasteiger partial charge in [0.1, 0.15) is 11.4 Å². The van der Waals surface area contributed by atoms with Crippen molar-refractivity contribution < 1.29 is 18.7 Å². The summed E-state index contributed by atoms with van der Waals surface area (Å²) in [6.07, 6.45) is 12.1. The van der Waals surface area contributed by atoms with E-state index in [1.165, 1.54) is 24.3 Å². The zero-order valence-corrected chi connectivity index (χ0v) is 22.9. The van der Waals surface area contributed by atoms with Gasteiger partial charge in [-0.05, 0) is 73.1 Å². The standard InChI is InChI=1S/C31H42FN3O3/c1-4-7-16-30(17-8-5-2)21-23-19-22(10-13-25(23)31(30,18-9-6-3)38-29(34)37)11-15-28(36)35-27-14-12-24(32)20-26(27)33/h10-15,19-20H,4-9,16-18,21,33H2,1-3H3,(H2,34,37)(H,35,36).